The van der Waals surface area contributed by atoms with Gasteiger partial charge in [-0.1, -0.05) is 57.9 Å². The summed E-state index contributed by atoms with van der Waals surface area (Å²) in [5, 5.41) is 17.0. The first kappa shape index (κ1) is 16.4. The predicted octanol–water partition coefficient (Wildman–Crippen LogP) is 4.37. The molecule has 128 valence electrons. The van der Waals surface area contributed by atoms with Crippen molar-refractivity contribution in [2.24, 2.45) is 5.73 Å². The van der Waals surface area contributed by atoms with Crippen LogP contribution in [0.5, 0.6) is 5.88 Å². The summed E-state index contributed by atoms with van der Waals surface area (Å²) in [5.74, 6) is 0.159. The number of nitrogens with one attached hydrogen (secondary N) is 1. The van der Waals surface area contributed by atoms with Crippen LogP contribution in [0.1, 0.15) is 22.6 Å². The van der Waals surface area contributed by atoms with Crippen LogP contribution < -0.4 is 10.5 Å². The lowest BCUT2D eigenvalue weighted by molar-refractivity contribution is 0.379. The average molecular weight is 407 g/mol. The molecular formula is C20H15BrN4O. The first-order chi connectivity index (χ1) is 12.6. The highest BCUT2D eigenvalue weighted by molar-refractivity contribution is 9.10. The maximum absolute atomic E-state index is 9.70. The highest BCUT2D eigenvalue weighted by Crippen LogP contribution is 2.45. The van der Waals surface area contributed by atoms with Crippen LogP contribution in [-0.2, 0) is 0 Å². The van der Waals surface area contributed by atoms with Gasteiger partial charge < -0.3 is 10.5 Å². The fraction of sp³-hybridized carbons (Fsp3) is 0.100. The second-order valence-electron chi connectivity index (χ2n) is 6.16. The second-order valence-corrected chi connectivity index (χ2v) is 7.08. The number of H-pyrrole nitrogens is 1. The van der Waals surface area contributed by atoms with E-state index in [0.717, 1.165) is 26.9 Å². The van der Waals surface area contributed by atoms with E-state index in [0.29, 0.717) is 11.5 Å². The van der Waals surface area contributed by atoms with E-state index in [2.05, 4.69) is 32.2 Å². The molecule has 1 aromatic heterocycles. The molecule has 6 heteroatoms. The molecular weight excluding hydrogens is 392 g/mol. The number of hydrogen-bond donors (Lipinski definition) is 2. The zero-order valence-corrected chi connectivity index (χ0v) is 15.5. The van der Waals surface area contributed by atoms with Gasteiger partial charge in [0.2, 0.25) is 11.8 Å². The Balaban J connectivity index is 1.93. The summed E-state index contributed by atoms with van der Waals surface area (Å²) in [7, 11) is 0. The van der Waals surface area contributed by atoms with Gasteiger partial charge in [-0.05, 0) is 24.6 Å². The number of nitriles is 1. The molecule has 3 aromatic rings. The number of nitrogens with zero attached hydrogens (tertiary/aromatic N) is 2. The number of rotatable bonds is 2. The van der Waals surface area contributed by atoms with E-state index in [4.69, 9.17) is 10.5 Å². The van der Waals surface area contributed by atoms with Gasteiger partial charge in [0.1, 0.15) is 11.6 Å². The van der Waals surface area contributed by atoms with Crippen LogP contribution in [0, 0.1) is 18.3 Å². The number of halogens is 1. The van der Waals surface area contributed by atoms with E-state index in [9.17, 15) is 5.26 Å². The molecule has 0 saturated heterocycles. The van der Waals surface area contributed by atoms with Crippen molar-refractivity contribution in [1.82, 2.24) is 10.2 Å². The van der Waals surface area contributed by atoms with Crippen LogP contribution >= 0.6 is 15.9 Å². The fourth-order valence-corrected chi connectivity index (χ4v) is 3.44. The van der Waals surface area contributed by atoms with Crippen LogP contribution in [0.4, 0.5) is 0 Å². The van der Waals surface area contributed by atoms with Crippen LogP contribution in [-0.4, -0.2) is 10.2 Å². The summed E-state index contributed by atoms with van der Waals surface area (Å²) in [5.41, 5.74) is 11.1. The van der Waals surface area contributed by atoms with Crippen LogP contribution in [0.25, 0.3) is 11.3 Å². The Morgan fingerprint density at radius 3 is 2.50 bits per heavy atom. The van der Waals surface area contributed by atoms with E-state index in [-0.39, 0.29) is 11.8 Å². The first-order valence-corrected chi connectivity index (χ1v) is 8.86. The van der Waals surface area contributed by atoms with Crippen LogP contribution in [0.3, 0.4) is 0 Å². The Morgan fingerprint density at radius 1 is 1.15 bits per heavy atom. The molecule has 26 heavy (non-hydrogen) atoms. The number of ether oxygens (including phenoxy) is 1. The smallest absolute Gasteiger partial charge is 0.244 e. The van der Waals surface area contributed by atoms with E-state index >= 15 is 0 Å². The lowest BCUT2D eigenvalue weighted by Crippen LogP contribution is -2.20. The molecule has 2 heterocycles. The summed E-state index contributed by atoms with van der Waals surface area (Å²) < 4.78 is 6.59. The molecule has 0 bridgehead atoms. The normalized spacial score (nSPS) is 16.0. The predicted molar refractivity (Wildman–Crippen MR) is 102 cm³/mol. The quantitative estimate of drug-likeness (QED) is 0.661. The highest BCUT2D eigenvalue weighted by atomic mass is 79.9. The molecule has 4 rings (SSSR count). The minimum Gasteiger partial charge on any atom is -0.420 e. The van der Waals surface area contributed by atoms with Crippen LogP contribution in [0.15, 0.2) is 64.5 Å². The molecule has 1 aliphatic rings. The summed E-state index contributed by atoms with van der Waals surface area (Å²) in [6, 6.07) is 18.2. The summed E-state index contributed by atoms with van der Waals surface area (Å²) in [6.45, 7) is 2.04. The zero-order chi connectivity index (χ0) is 18.3. The van der Waals surface area contributed by atoms with E-state index in [1.165, 1.54) is 5.56 Å². The number of benzene rings is 2. The average Bonchev–Trinajstić information content (AvgIpc) is 3.05. The molecule has 0 saturated carbocycles. The Labute approximate surface area is 159 Å². The first-order valence-electron chi connectivity index (χ1n) is 8.07. The lowest BCUT2D eigenvalue weighted by atomic mass is 9.83. The molecule has 1 unspecified atom stereocenters. The number of fused-ring (bicyclic) bond motifs is 1. The van der Waals surface area contributed by atoms with Crippen molar-refractivity contribution in [3.05, 3.63) is 81.2 Å². The zero-order valence-electron chi connectivity index (χ0n) is 14.0. The Morgan fingerprint density at radius 2 is 1.85 bits per heavy atom. The number of nitrogens with two attached hydrogens (primary N) is 1. The summed E-state index contributed by atoms with van der Waals surface area (Å²) in [6.07, 6.45) is 0. The van der Waals surface area contributed by atoms with Gasteiger partial charge in [0.25, 0.3) is 0 Å². The van der Waals surface area contributed by atoms with Gasteiger partial charge in [-0.15, -0.1) is 5.10 Å². The highest BCUT2D eigenvalue weighted by Gasteiger charge is 2.35. The van der Waals surface area contributed by atoms with Crippen molar-refractivity contribution in [3.63, 3.8) is 0 Å². The number of hydrogen-bond acceptors (Lipinski definition) is 4. The van der Waals surface area contributed by atoms with Gasteiger partial charge in [-0.2, -0.15) is 5.26 Å². The van der Waals surface area contributed by atoms with Gasteiger partial charge in [-0.3, -0.25) is 5.10 Å². The largest absolute Gasteiger partial charge is 0.420 e. The lowest BCUT2D eigenvalue weighted by Gasteiger charge is -2.24. The minimum atomic E-state index is -0.341. The molecule has 0 radical (unpaired) electrons. The Bertz CT molecular complexity index is 1040. The Kier molecular flexibility index (Phi) is 4.02. The van der Waals surface area contributed by atoms with E-state index < -0.39 is 0 Å². The topological polar surface area (TPSA) is 87.7 Å². The fourth-order valence-electron chi connectivity index (χ4n) is 3.17. The minimum absolute atomic E-state index is 0.0925. The molecule has 0 aliphatic carbocycles. The van der Waals surface area contributed by atoms with Crippen LogP contribution in [0.2, 0.25) is 0 Å². The van der Waals surface area contributed by atoms with E-state index in [1.54, 1.807) is 0 Å². The maximum Gasteiger partial charge on any atom is 0.244 e. The Hall–Kier alpha value is -3.04. The van der Waals surface area contributed by atoms with Crippen molar-refractivity contribution >= 4 is 15.9 Å². The monoisotopic (exact) mass is 406 g/mol. The van der Waals surface area contributed by atoms with Crippen molar-refractivity contribution in [2.75, 3.05) is 0 Å². The molecule has 0 spiro atoms. The third kappa shape index (κ3) is 2.67. The second kappa shape index (κ2) is 6.36. The molecule has 3 N–H and O–H groups in total. The standard InChI is InChI=1S/C20H15BrN4O/c1-11-2-4-13(5-3-11)18-17-16(12-6-8-14(21)9-7-12)15(10-22)19(23)26-20(17)25-24-18/h2-9,16H,23H2,1H3,(H,24,25). The van der Waals surface area contributed by atoms with Crippen molar-refractivity contribution in [3.8, 4) is 23.2 Å². The molecule has 0 fully saturated rings. The van der Waals surface area contributed by atoms with Gasteiger partial charge in [0.15, 0.2) is 0 Å². The summed E-state index contributed by atoms with van der Waals surface area (Å²) in [4.78, 5) is 0. The molecule has 5 nitrogen and oxygen atoms in total. The molecule has 2 aromatic carbocycles. The van der Waals surface area contributed by atoms with Gasteiger partial charge in [0.05, 0.1) is 17.2 Å². The van der Waals surface area contributed by atoms with Gasteiger partial charge >= 0.3 is 0 Å². The molecule has 0 amide bonds. The number of aryl methyl sites for hydroxylation is 1. The van der Waals surface area contributed by atoms with Crippen molar-refractivity contribution in [1.29, 1.82) is 5.26 Å². The van der Waals surface area contributed by atoms with Crippen molar-refractivity contribution in [2.45, 2.75) is 12.8 Å². The van der Waals surface area contributed by atoms with Gasteiger partial charge in [-0.25, -0.2) is 0 Å². The maximum atomic E-state index is 9.70. The molecule has 1 aliphatic heterocycles. The van der Waals surface area contributed by atoms with Gasteiger partial charge in [0, 0.05) is 10.0 Å². The SMILES string of the molecule is Cc1ccc(-c2[nH]nc3c2C(c2ccc(Br)cc2)C(C#N)=C(N)O3)cc1. The number of aromatic amines is 1. The number of allylic oxidation sites excluding steroid dienone is 1. The summed E-state index contributed by atoms with van der Waals surface area (Å²) >= 11 is 3.45. The third-order valence-corrected chi connectivity index (χ3v) is 5.01. The van der Waals surface area contributed by atoms with E-state index in [1.807, 2.05) is 55.5 Å². The number of aromatic nitrogens is 2. The van der Waals surface area contributed by atoms with Crippen molar-refractivity contribution < 1.29 is 4.74 Å². The molecule has 1 atom stereocenters. The third-order valence-electron chi connectivity index (χ3n) is 4.48.